The summed E-state index contributed by atoms with van der Waals surface area (Å²) in [4.78, 5) is 0.450. The van der Waals surface area contributed by atoms with Crippen LogP contribution in [-0.4, -0.2) is 21.6 Å². The third-order valence-corrected chi connectivity index (χ3v) is 8.94. The van der Waals surface area contributed by atoms with Crippen molar-refractivity contribution in [2.75, 3.05) is 0 Å². The van der Waals surface area contributed by atoms with Crippen molar-refractivity contribution < 1.29 is 16.8 Å². The molecule has 132 valence electrons. The molecule has 4 nitrogen and oxygen atoms in total. The third kappa shape index (κ3) is 3.41. The van der Waals surface area contributed by atoms with E-state index in [9.17, 15) is 16.8 Å². The molecule has 1 atom stereocenters. The van der Waals surface area contributed by atoms with Gasteiger partial charge in [-0.1, -0.05) is 54.6 Å². The van der Waals surface area contributed by atoms with Gasteiger partial charge in [-0.2, -0.15) is 0 Å². The lowest BCUT2D eigenvalue weighted by atomic mass is 10.1. The highest BCUT2D eigenvalue weighted by atomic mass is 32.2. The molecule has 0 N–H and O–H groups in total. The van der Waals surface area contributed by atoms with E-state index >= 15 is 0 Å². The van der Waals surface area contributed by atoms with Crippen LogP contribution in [0.15, 0.2) is 76.5 Å². The van der Waals surface area contributed by atoms with Gasteiger partial charge in [0.1, 0.15) is 0 Å². The summed E-state index contributed by atoms with van der Waals surface area (Å²) in [6.45, 7) is 1.62. The summed E-state index contributed by atoms with van der Waals surface area (Å²) in [5.74, 6) is -0.110. The van der Waals surface area contributed by atoms with E-state index in [1.165, 1.54) is 0 Å². The second-order valence-electron chi connectivity index (χ2n) is 6.56. The third-order valence-electron chi connectivity index (χ3n) is 4.61. The van der Waals surface area contributed by atoms with Crippen LogP contribution in [0.2, 0.25) is 0 Å². The second-order valence-corrected chi connectivity index (χ2v) is 11.1. The average molecular weight is 376 g/mol. The Morgan fingerprint density at radius 3 is 2.04 bits per heavy atom. The molecule has 0 saturated carbocycles. The number of hydrogen-bond donors (Lipinski definition) is 0. The first-order valence-electron chi connectivity index (χ1n) is 8.00. The van der Waals surface area contributed by atoms with E-state index in [2.05, 4.69) is 0 Å². The van der Waals surface area contributed by atoms with Gasteiger partial charge in [0.05, 0.1) is 15.4 Å². The van der Waals surface area contributed by atoms with Crippen LogP contribution in [-0.2, 0) is 25.4 Å². The Hall–Kier alpha value is -1.92. The standard InChI is InChI=1S/C19H20O4S2/c1-19(25(22,23)17-10-6-3-7-11-17)13-12-18(14-19)24(20,21)15-16-8-4-2-5-9-16/h2-12H,13-15H2,1H3/t19-/m0/s1. The van der Waals surface area contributed by atoms with Crippen molar-refractivity contribution in [2.24, 2.45) is 0 Å². The average Bonchev–Trinajstić information content (AvgIpc) is 3.01. The van der Waals surface area contributed by atoms with Crippen LogP contribution in [0.3, 0.4) is 0 Å². The Kier molecular flexibility index (Phi) is 4.60. The molecule has 0 aromatic heterocycles. The van der Waals surface area contributed by atoms with Crippen LogP contribution in [0.5, 0.6) is 0 Å². The highest BCUT2D eigenvalue weighted by Crippen LogP contribution is 2.41. The summed E-state index contributed by atoms with van der Waals surface area (Å²) in [7, 11) is -7.15. The largest absolute Gasteiger partial charge is 0.224 e. The first-order chi connectivity index (χ1) is 11.7. The molecule has 2 aromatic carbocycles. The van der Waals surface area contributed by atoms with Gasteiger partial charge in [0.15, 0.2) is 19.7 Å². The number of benzene rings is 2. The van der Waals surface area contributed by atoms with E-state index in [1.807, 2.05) is 6.07 Å². The Labute approximate surface area is 149 Å². The maximum absolute atomic E-state index is 13.0. The van der Waals surface area contributed by atoms with Gasteiger partial charge in [-0.05, 0) is 31.0 Å². The number of rotatable bonds is 5. The zero-order chi connectivity index (χ0) is 18.1. The molecule has 0 fully saturated rings. The molecule has 0 heterocycles. The van der Waals surface area contributed by atoms with Crippen LogP contribution in [0, 0.1) is 0 Å². The molecule has 0 saturated heterocycles. The summed E-state index contributed by atoms with van der Waals surface area (Å²) in [5, 5.41) is 0. The molecule has 0 unspecified atom stereocenters. The van der Waals surface area contributed by atoms with E-state index in [-0.39, 0.29) is 28.4 Å². The van der Waals surface area contributed by atoms with Gasteiger partial charge in [0, 0.05) is 11.3 Å². The molecule has 0 bridgehead atoms. The predicted octanol–water partition coefficient (Wildman–Crippen LogP) is 3.51. The number of sulfone groups is 2. The van der Waals surface area contributed by atoms with Crippen molar-refractivity contribution in [3.8, 4) is 0 Å². The highest BCUT2D eigenvalue weighted by Gasteiger charge is 2.45. The summed E-state index contributed by atoms with van der Waals surface area (Å²) >= 11 is 0. The molecule has 0 spiro atoms. The topological polar surface area (TPSA) is 68.3 Å². The van der Waals surface area contributed by atoms with Crippen LogP contribution in [0.25, 0.3) is 0 Å². The Morgan fingerprint density at radius 1 is 0.880 bits per heavy atom. The van der Waals surface area contributed by atoms with E-state index in [1.54, 1.807) is 67.6 Å². The lowest BCUT2D eigenvalue weighted by molar-refractivity contribution is 0.538. The zero-order valence-electron chi connectivity index (χ0n) is 13.9. The molecule has 6 heteroatoms. The number of hydrogen-bond acceptors (Lipinski definition) is 4. The summed E-state index contributed by atoms with van der Waals surface area (Å²) in [6, 6.07) is 17.1. The minimum absolute atomic E-state index is 0.0133. The highest BCUT2D eigenvalue weighted by molar-refractivity contribution is 7.95. The SMILES string of the molecule is C[C@]1(S(=O)(=O)c2ccccc2)CC=C(S(=O)(=O)Cc2ccccc2)C1. The predicted molar refractivity (Wildman–Crippen MR) is 98.4 cm³/mol. The molecule has 0 amide bonds. The quantitative estimate of drug-likeness (QED) is 0.801. The smallest absolute Gasteiger partial charge is 0.184 e. The van der Waals surface area contributed by atoms with Gasteiger partial charge >= 0.3 is 0 Å². The summed E-state index contributed by atoms with van der Waals surface area (Å²) in [5.41, 5.74) is 0.697. The Bertz CT molecular complexity index is 992. The molecular formula is C19H20O4S2. The lowest BCUT2D eigenvalue weighted by Gasteiger charge is -2.24. The van der Waals surface area contributed by atoms with E-state index in [0.717, 1.165) is 0 Å². The molecule has 0 aliphatic heterocycles. The van der Waals surface area contributed by atoms with Crippen LogP contribution in [0.1, 0.15) is 25.3 Å². The van der Waals surface area contributed by atoms with Crippen molar-refractivity contribution >= 4 is 19.7 Å². The Morgan fingerprint density at radius 2 is 1.44 bits per heavy atom. The first-order valence-corrected chi connectivity index (χ1v) is 11.1. The Balaban J connectivity index is 1.85. The first kappa shape index (κ1) is 17.9. The van der Waals surface area contributed by atoms with Crippen molar-refractivity contribution in [3.63, 3.8) is 0 Å². The fourth-order valence-corrected chi connectivity index (χ4v) is 6.57. The van der Waals surface area contributed by atoms with Crippen LogP contribution >= 0.6 is 0 Å². The minimum atomic E-state index is -3.62. The normalized spacial score (nSPS) is 21.1. The van der Waals surface area contributed by atoms with Gasteiger partial charge in [-0.25, -0.2) is 16.8 Å². The molecule has 1 aliphatic rings. The number of allylic oxidation sites excluding steroid dienone is 2. The van der Waals surface area contributed by atoms with E-state index < -0.39 is 24.4 Å². The van der Waals surface area contributed by atoms with E-state index in [0.29, 0.717) is 5.56 Å². The summed E-state index contributed by atoms with van der Waals surface area (Å²) < 4.78 is 50.2. The molecule has 25 heavy (non-hydrogen) atoms. The van der Waals surface area contributed by atoms with Crippen molar-refractivity contribution in [3.05, 3.63) is 77.2 Å². The van der Waals surface area contributed by atoms with Gasteiger partial charge in [-0.15, -0.1) is 0 Å². The van der Waals surface area contributed by atoms with E-state index in [4.69, 9.17) is 0 Å². The second kappa shape index (κ2) is 6.42. The fourth-order valence-electron chi connectivity index (χ4n) is 3.05. The van der Waals surface area contributed by atoms with Gasteiger partial charge in [0.2, 0.25) is 0 Å². The zero-order valence-corrected chi connectivity index (χ0v) is 15.6. The van der Waals surface area contributed by atoms with Gasteiger partial charge < -0.3 is 0 Å². The van der Waals surface area contributed by atoms with Crippen LogP contribution in [0.4, 0.5) is 0 Å². The minimum Gasteiger partial charge on any atom is -0.224 e. The molecular weight excluding hydrogens is 356 g/mol. The van der Waals surface area contributed by atoms with Crippen LogP contribution < -0.4 is 0 Å². The van der Waals surface area contributed by atoms with Crippen molar-refractivity contribution in [1.29, 1.82) is 0 Å². The monoisotopic (exact) mass is 376 g/mol. The fraction of sp³-hybridized carbons (Fsp3) is 0.263. The molecule has 3 rings (SSSR count). The molecule has 2 aromatic rings. The van der Waals surface area contributed by atoms with Crippen molar-refractivity contribution in [1.82, 2.24) is 0 Å². The molecule has 1 aliphatic carbocycles. The summed E-state index contributed by atoms with van der Waals surface area (Å²) in [6.07, 6.45) is 1.78. The maximum atomic E-state index is 13.0. The lowest BCUT2D eigenvalue weighted by Crippen LogP contribution is -2.33. The van der Waals surface area contributed by atoms with Gasteiger partial charge in [-0.3, -0.25) is 0 Å². The molecule has 0 radical (unpaired) electrons. The maximum Gasteiger partial charge on any atom is 0.184 e. The van der Waals surface area contributed by atoms with Crippen molar-refractivity contribution in [2.45, 2.75) is 35.2 Å². The van der Waals surface area contributed by atoms with Gasteiger partial charge in [0.25, 0.3) is 0 Å².